The number of hydrogen-bond donors (Lipinski definition) is 1. The lowest BCUT2D eigenvalue weighted by atomic mass is 10.1. The summed E-state index contributed by atoms with van der Waals surface area (Å²) in [6.45, 7) is 5.79. The van der Waals surface area contributed by atoms with Crippen LogP contribution in [0.1, 0.15) is 24.5 Å². The van der Waals surface area contributed by atoms with Gasteiger partial charge in [-0.1, -0.05) is 31.2 Å². The molecule has 0 spiro atoms. The van der Waals surface area contributed by atoms with Crippen molar-refractivity contribution in [3.05, 3.63) is 35.4 Å². The molecule has 3 heteroatoms. The maximum absolute atomic E-state index is 9.09. The summed E-state index contributed by atoms with van der Waals surface area (Å²) in [6.07, 6.45) is 1.07. The zero-order valence-corrected chi connectivity index (χ0v) is 10.3. The van der Waals surface area contributed by atoms with Crippen LogP contribution in [0.4, 0.5) is 0 Å². The van der Waals surface area contributed by atoms with Crippen LogP contribution in [0.25, 0.3) is 0 Å². The lowest BCUT2D eigenvalue weighted by Crippen LogP contribution is -2.38. The van der Waals surface area contributed by atoms with Gasteiger partial charge < -0.3 is 5.32 Å². The van der Waals surface area contributed by atoms with E-state index < -0.39 is 0 Å². The molecule has 0 saturated carbocycles. The van der Waals surface area contributed by atoms with Gasteiger partial charge >= 0.3 is 0 Å². The van der Waals surface area contributed by atoms with Gasteiger partial charge in [-0.3, -0.25) is 4.90 Å². The zero-order chi connectivity index (χ0) is 12.1. The predicted octanol–water partition coefficient (Wildman–Crippen LogP) is 1.89. The van der Waals surface area contributed by atoms with E-state index in [0.717, 1.165) is 32.6 Å². The number of benzene rings is 1. The van der Waals surface area contributed by atoms with E-state index in [4.69, 9.17) is 5.26 Å². The molecule has 0 fully saturated rings. The molecule has 3 nitrogen and oxygen atoms in total. The van der Waals surface area contributed by atoms with E-state index in [9.17, 15) is 0 Å². The lowest BCUT2D eigenvalue weighted by Gasteiger charge is -2.19. The average Bonchev–Trinajstić information content (AvgIpc) is 2.76. The SMILES string of the molecule is CCCNC(C#N)CN1Cc2ccccc2C1. The Bertz CT molecular complexity index is 383. The first-order valence-corrected chi connectivity index (χ1v) is 6.25. The summed E-state index contributed by atoms with van der Waals surface area (Å²) in [6, 6.07) is 10.8. The molecule has 1 aliphatic rings. The highest BCUT2D eigenvalue weighted by Crippen LogP contribution is 2.21. The van der Waals surface area contributed by atoms with Crippen molar-refractivity contribution in [1.29, 1.82) is 5.26 Å². The summed E-state index contributed by atoms with van der Waals surface area (Å²) in [7, 11) is 0. The highest BCUT2D eigenvalue weighted by molar-refractivity contribution is 5.30. The lowest BCUT2D eigenvalue weighted by molar-refractivity contribution is 0.265. The normalized spacial score (nSPS) is 16.5. The van der Waals surface area contributed by atoms with Crippen LogP contribution in [-0.4, -0.2) is 24.0 Å². The van der Waals surface area contributed by atoms with Gasteiger partial charge in [-0.2, -0.15) is 5.26 Å². The van der Waals surface area contributed by atoms with E-state index in [1.54, 1.807) is 0 Å². The number of hydrogen-bond acceptors (Lipinski definition) is 3. The van der Waals surface area contributed by atoms with Crippen LogP contribution in [0.2, 0.25) is 0 Å². The molecule has 1 aliphatic heterocycles. The third-order valence-corrected chi connectivity index (χ3v) is 3.14. The van der Waals surface area contributed by atoms with Gasteiger partial charge in [0.2, 0.25) is 0 Å². The maximum atomic E-state index is 9.09. The van der Waals surface area contributed by atoms with Gasteiger partial charge in [-0.15, -0.1) is 0 Å². The largest absolute Gasteiger partial charge is 0.301 e. The second-order valence-corrected chi connectivity index (χ2v) is 4.57. The second-order valence-electron chi connectivity index (χ2n) is 4.57. The minimum atomic E-state index is -0.0516. The molecule has 90 valence electrons. The highest BCUT2D eigenvalue weighted by atomic mass is 15.2. The number of rotatable bonds is 5. The summed E-state index contributed by atoms with van der Waals surface area (Å²) in [5.74, 6) is 0. The predicted molar refractivity (Wildman–Crippen MR) is 68.3 cm³/mol. The number of nitrogens with one attached hydrogen (secondary N) is 1. The number of nitriles is 1. The van der Waals surface area contributed by atoms with Crippen LogP contribution in [0.5, 0.6) is 0 Å². The molecular formula is C14H19N3. The summed E-state index contributed by atoms with van der Waals surface area (Å²) in [5.41, 5.74) is 2.80. The van der Waals surface area contributed by atoms with E-state index in [1.807, 2.05) is 0 Å². The van der Waals surface area contributed by atoms with Crippen molar-refractivity contribution in [3.8, 4) is 6.07 Å². The molecule has 1 unspecified atom stereocenters. The quantitative estimate of drug-likeness (QED) is 0.838. The van der Waals surface area contributed by atoms with Crippen LogP contribution in [-0.2, 0) is 13.1 Å². The fourth-order valence-electron chi connectivity index (χ4n) is 2.26. The monoisotopic (exact) mass is 229 g/mol. The highest BCUT2D eigenvalue weighted by Gasteiger charge is 2.20. The van der Waals surface area contributed by atoms with Crippen molar-refractivity contribution < 1.29 is 0 Å². The van der Waals surface area contributed by atoms with Crippen molar-refractivity contribution in [2.45, 2.75) is 32.5 Å². The van der Waals surface area contributed by atoms with Crippen LogP contribution < -0.4 is 5.32 Å². The first kappa shape index (κ1) is 12.1. The molecular weight excluding hydrogens is 210 g/mol. The molecule has 0 bridgehead atoms. The van der Waals surface area contributed by atoms with Crippen molar-refractivity contribution in [2.75, 3.05) is 13.1 Å². The van der Waals surface area contributed by atoms with Gasteiger partial charge in [0.25, 0.3) is 0 Å². The van der Waals surface area contributed by atoms with Gasteiger partial charge in [0.15, 0.2) is 0 Å². The van der Waals surface area contributed by atoms with Gasteiger partial charge in [0.1, 0.15) is 6.04 Å². The molecule has 0 aliphatic carbocycles. The Morgan fingerprint density at radius 3 is 2.53 bits per heavy atom. The molecule has 1 N–H and O–H groups in total. The van der Waals surface area contributed by atoms with Gasteiger partial charge in [-0.05, 0) is 24.1 Å². The van der Waals surface area contributed by atoms with Crippen molar-refractivity contribution >= 4 is 0 Å². The molecule has 1 heterocycles. The molecule has 1 aromatic rings. The fraction of sp³-hybridized carbons (Fsp3) is 0.500. The number of nitrogens with zero attached hydrogens (tertiary/aromatic N) is 2. The molecule has 0 saturated heterocycles. The Morgan fingerprint density at radius 1 is 1.35 bits per heavy atom. The minimum absolute atomic E-state index is 0.0516. The van der Waals surface area contributed by atoms with E-state index in [-0.39, 0.29) is 6.04 Å². The summed E-state index contributed by atoms with van der Waals surface area (Å²) < 4.78 is 0. The van der Waals surface area contributed by atoms with E-state index >= 15 is 0 Å². The molecule has 1 atom stereocenters. The third kappa shape index (κ3) is 3.06. The molecule has 0 aromatic heterocycles. The Hall–Kier alpha value is -1.37. The smallest absolute Gasteiger partial charge is 0.108 e. The Kier molecular flexibility index (Phi) is 4.13. The summed E-state index contributed by atoms with van der Waals surface area (Å²) in [4.78, 5) is 2.33. The van der Waals surface area contributed by atoms with Crippen molar-refractivity contribution in [1.82, 2.24) is 10.2 Å². The molecule has 0 radical (unpaired) electrons. The molecule has 0 amide bonds. The maximum Gasteiger partial charge on any atom is 0.108 e. The van der Waals surface area contributed by atoms with Crippen molar-refractivity contribution in [3.63, 3.8) is 0 Å². The fourth-order valence-corrected chi connectivity index (χ4v) is 2.26. The van der Waals surface area contributed by atoms with E-state index in [0.29, 0.717) is 0 Å². The molecule has 1 aromatic carbocycles. The van der Waals surface area contributed by atoms with Crippen LogP contribution in [0, 0.1) is 11.3 Å². The summed E-state index contributed by atoms with van der Waals surface area (Å²) in [5, 5.41) is 12.4. The summed E-state index contributed by atoms with van der Waals surface area (Å²) >= 11 is 0. The number of fused-ring (bicyclic) bond motifs is 1. The first-order chi connectivity index (χ1) is 8.33. The standard InChI is InChI=1S/C14H19N3/c1-2-7-16-14(8-15)11-17-9-12-5-3-4-6-13(12)10-17/h3-6,14,16H,2,7,9-11H2,1H3. The Morgan fingerprint density at radius 2 is 2.00 bits per heavy atom. The van der Waals surface area contributed by atoms with E-state index in [2.05, 4.69) is 47.5 Å². The third-order valence-electron chi connectivity index (χ3n) is 3.14. The average molecular weight is 229 g/mol. The van der Waals surface area contributed by atoms with Crippen LogP contribution in [0.15, 0.2) is 24.3 Å². The Labute approximate surface area is 103 Å². The second kappa shape index (κ2) is 5.81. The first-order valence-electron chi connectivity index (χ1n) is 6.25. The molecule has 2 rings (SSSR count). The van der Waals surface area contributed by atoms with E-state index in [1.165, 1.54) is 11.1 Å². The van der Waals surface area contributed by atoms with Crippen LogP contribution in [0.3, 0.4) is 0 Å². The Balaban J connectivity index is 1.88. The molecule has 17 heavy (non-hydrogen) atoms. The van der Waals surface area contributed by atoms with Gasteiger partial charge in [-0.25, -0.2) is 0 Å². The zero-order valence-electron chi connectivity index (χ0n) is 10.3. The minimum Gasteiger partial charge on any atom is -0.301 e. The van der Waals surface area contributed by atoms with Gasteiger partial charge in [0.05, 0.1) is 6.07 Å². The topological polar surface area (TPSA) is 39.1 Å². The van der Waals surface area contributed by atoms with Crippen LogP contribution >= 0.6 is 0 Å². The van der Waals surface area contributed by atoms with Crippen molar-refractivity contribution in [2.24, 2.45) is 0 Å². The van der Waals surface area contributed by atoms with Gasteiger partial charge in [0, 0.05) is 19.6 Å².